The van der Waals surface area contributed by atoms with Gasteiger partial charge in [0.1, 0.15) is 5.82 Å². The molecule has 0 heterocycles. The van der Waals surface area contributed by atoms with Crippen LogP contribution in [0.5, 0.6) is 0 Å². The first-order valence-corrected chi connectivity index (χ1v) is 12.8. The van der Waals surface area contributed by atoms with Crippen LogP contribution in [0.2, 0.25) is 5.02 Å². The van der Waals surface area contributed by atoms with E-state index in [1.54, 1.807) is 24.3 Å². The zero-order chi connectivity index (χ0) is 25.3. The standard InChI is InChI=1S/C23H28ClFNO7P/c1-15(27)32-16(2)33-23(28)14-20(26-10-3-11-34(29,30)31)12-17-4-6-18(7-5-17)21-13-19(24)8-9-22(21)25/h4-9,13,16,20,26H,3,10-12,14H2,1-2H3,(H2,29,30,31)/t16?,20-/m1/s1. The quantitative estimate of drug-likeness (QED) is 0.167. The summed E-state index contributed by atoms with van der Waals surface area (Å²) in [6.07, 6.45) is -0.767. The number of hydrogen-bond donors (Lipinski definition) is 3. The van der Waals surface area contributed by atoms with Gasteiger partial charge in [-0.1, -0.05) is 35.9 Å². The minimum Gasteiger partial charge on any atom is -0.426 e. The van der Waals surface area contributed by atoms with E-state index < -0.39 is 37.7 Å². The number of ether oxygens (including phenoxy) is 2. The van der Waals surface area contributed by atoms with Crippen LogP contribution >= 0.6 is 19.2 Å². The zero-order valence-electron chi connectivity index (χ0n) is 18.9. The minimum absolute atomic E-state index is 0.0633. The maximum Gasteiger partial charge on any atom is 0.325 e. The molecule has 34 heavy (non-hydrogen) atoms. The predicted molar refractivity (Wildman–Crippen MR) is 126 cm³/mol. The van der Waals surface area contributed by atoms with Gasteiger partial charge >= 0.3 is 19.5 Å². The van der Waals surface area contributed by atoms with E-state index in [1.807, 2.05) is 0 Å². The fourth-order valence-electron chi connectivity index (χ4n) is 3.32. The van der Waals surface area contributed by atoms with Gasteiger partial charge in [0, 0.05) is 30.5 Å². The van der Waals surface area contributed by atoms with Crippen molar-refractivity contribution in [3.8, 4) is 11.1 Å². The number of carbonyl (C=O) groups excluding carboxylic acids is 2. The summed E-state index contributed by atoms with van der Waals surface area (Å²) in [5.74, 6) is -1.58. The fourth-order valence-corrected chi connectivity index (χ4v) is 4.07. The number of halogens is 2. The van der Waals surface area contributed by atoms with Crippen molar-refractivity contribution in [3.05, 3.63) is 58.9 Å². The Kier molecular flexibility index (Phi) is 10.7. The third kappa shape index (κ3) is 10.3. The molecule has 0 radical (unpaired) electrons. The largest absolute Gasteiger partial charge is 0.426 e. The minimum atomic E-state index is -4.11. The van der Waals surface area contributed by atoms with Crippen LogP contribution in [0.3, 0.4) is 0 Å². The molecule has 0 saturated heterocycles. The highest BCUT2D eigenvalue weighted by Crippen LogP contribution is 2.34. The van der Waals surface area contributed by atoms with Crippen molar-refractivity contribution in [1.82, 2.24) is 5.32 Å². The number of benzene rings is 2. The second kappa shape index (κ2) is 13.0. The van der Waals surface area contributed by atoms with E-state index in [1.165, 1.54) is 32.0 Å². The SMILES string of the molecule is CC(=O)OC(C)OC(=O)C[C@@H](Cc1ccc(-c2cc(Cl)ccc2F)cc1)NCCCP(=O)(O)O. The molecular formula is C23H28ClFNO7P. The molecule has 0 spiro atoms. The summed E-state index contributed by atoms with van der Waals surface area (Å²) in [5, 5.41) is 3.54. The van der Waals surface area contributed by atoms with Gasteiger partial charge in [-0.05, 0) is 48.7 Å². The number of hydrogen-bond acceptors (Lipinski definition) is 6. The lowest BCUT2D eigenvalue weighted by Crippen LogP contribution is -2.36. The Bertz CT molecular complexity index is 1030. The highest BCUT2D eigenvalue weighted by molar-refractivity contribution is 7.51. The monoisotopic (exact) mass is 515 g/mol. The Morgan fingerprint density at radius 3 is 2.44 bits per heavy atom. The molecule has 2 atom stereocenters. The average molecular weight is 516 g/mol. The molecule has 1 unspecified atom stereocenters. The second-order valence-corrected chi connectivity index (χ2v) is 10.0. The van der Waals surface area contributed by atoms with E-state index in [9.17, 15) is 18.5 Å². The number of nitrogens with one attached hydrogen (secondary N) is 1. The Morgan fingerprint density at radius 2 is 1.82 bits per heavy atom. The molecule has 11 heteroatoms. The molecule has 2 aromatic carbocycles. The van der Waals surface area contributed by atoms with Crippen LogP contribution in [0.15, 0.2) is 42.5 Å². The molecule has 0 aliphatic carbocycles. The predicted octanol–water partition coefficient (Wildman–Crippen LogP) is 4.06. The molecule has 0 bridgehead atoms. The molecule has 2 rings (SSSR count). The van der Waals surface area contributed by atoms with Gasteiger partial charge in [0.05, 0.1) is 12.6 Å². The Morgan fingerprint density at radius 1 is 1.15 bits per heavy atom. The molecule has 0 amide bonds. The highest BCUT2D eigenvalue weighted by Gasteiger charge is 2.19. The van der Waals surface area contributed by atoms with Crippen LogP contribution in [0.1, 0.15) is 32.3 Å². The molecule has 8 nitrogen and oxygen atoms in total. The van der Waals surface area contributed by atoms with Crippen molar-refractivity contribution >= 4 is 31.1 Å². The summed E-state index contributed by atoms with van der Waals surface area (Å²) in [6, 6.07) is 11.0. The number of carbonyl (C=O) groups is 2. The van der Waals surface area contributed by atoms with Crippen molar-refractivity contribution in [2.75, 3.05) is 12.7 Å². The normalized spacial score (nSPS) is 13.2. The van der Waals surface area contributed by atoms with Gasteiger partial charge < -0.3 is 24.6 Å². The van der Waals surface area contributed by atoms with E-state index in [4.69, 9.17) is 30.9 Å². The molecular weight excluding hydrogens is 488 g/mol. The Hall–Kier alpha value is -2.29. The molecule has 2 aromatic rings. The van der Waals surface area contributed by atoms with Gasteiger partial charge in [0.2, 0.25) is 6.29 Å². The van der Waals surface area contributed by atoms with Crippen LogP contribution in [0.25, 0.3) is 11.1 Å². The number of esters is 2. The van der Waals surface area contributed by atoms with Crippen molar-refractivity contribution in [2.45, 2.75) is 45.4 Å². The van der Waals surface area contributed by atoms with Gasteiger partial charge in [-0.25, -0.2) is 4.39 Å². The topological polar surface area (TPSA) is 122 Å². The zero-order valence-corrected chi connectivity index (χ0v) is 20.5. The summed E-state index contributed by atoms with van der Waals surface area (Å²) < 4.78 is 35.1. The molecule has 0 aliphatic rings. The first-order valence-electron chi connectivity index (χ1n) is 10.6. The van der Waals surface area contributed by atoms with E-state index >= 15 is 0 Å². The average Bonchev–Trinajstić information content (AvgIpc) is 2.72. The lowest BCUT2D eigenvalue weighted by Gasteiger charge is -2.20. The van der Waals surface area contributed by atoms with Crippen molar-refractivity contribution in [3.63, 3.8) is 0 Å². The van der Waals surface area contributed by atoms with Gasteiger partial charge in [-0.2, -0.15) is 0 Å². The van der Waals surface area contributed by atoms with Crippen molar-refractivity contribution < 1.29 is 37.8 Å². The van der Waals surface area contributed by atoms with Gasteiger partial charge in [-0.15, -0.1) is 0 Å². The van der Waals surface area contributed by atoms with Crippen LogP contribution in [0.4, 0.5) is 4.39 Å². The smallest absolute Gasteiger partial charge is 0.325 e. The molecule has 186 valence electrons. The van der Waals surface area contributed by atoms with Gasteiger partial charge in [0.25, 0.3) is 0 Å². The van der Waals surface area contributed by atoms with Crippen molar-refractivity contribution in [2.24, 2.45) is 0 Å². The maximum absolute atomic E-state index is 14.1. The third-order valence-corrected chi connectivity index (χ3v) is 5.91. The fraction of sp³-hybridized carbons (Fsp3) is 0.391. The van der Waals surface area contributed by atoms with Crippen LogP contribution in [0, 0.1) is 5.82 Å². The van der Waals surface area contributed by atoms with Crippen LogP contribution in [-0.4, -0.2) is 46.8 Å². The summed E-state index contributed by atoms with van der Waals surface area (Å²) in [6.45, 7) is 2.90. The van der Waals surface area contributed by atoms with Gasteiger partial charge in [-0.3, -0.25) is 14.2 Å². The summed E-state index contributed by atoms with van der Waals surface area (Å²) in [7, 11) is -4.11. The lowest BCUT2D eigenvalue weighted by molar-refractivity contribution is -0.183. The van der Waals surface area contributed by atoms with Crippen LogP contribution in [-0.2, 0) is 30.0 Å². The summed E-state index contributed by atoms with van der Waals surface area (Å²) in [5.41, 5.74) is 1.86. The highest BCUT2D eigenvalue weighted by atomic mass is 35.5. The molecule has 0 saturated carbocycles. The summed E-state index contributed by atoms with van der Waals surface area (Å²) in [4.78, 5) is 41.4. The molecule has 0 aliphatic heterocycles. The maximum atomic E-state index is 14.1. The molecule has 3 N–H and O–H groups in total. The van der Waals surface area contributed by atoms with Crippen LogP contribution < -0.4 is 5.32 Å². The Labute approximate surface area is 202 Å². The number of rotatable bonds is 12. The van der Waals surface area contributed by atoms with Crippen molar-refractivity contribution in [1.29, 1.82) is 0 Å². The first-order chi connectivity index (χ1) is 15.9. The molecule has 0 aromatic heterocycles. The third-order valence-electron chi connectivity index (χ3n) is 4.78. The molecule has 0 fully saturated rings. The Balaban J connectivity index is 2.06. The van der Waals surface area contributed by atoms with E-state index in [0.717, 1.165) is 5.56 Å². The second-order valence-electron chi connectivity index (χ2n) is 7.79. The summed E-state index contributed by atoms with van der Waals surface area (Å²) >= 11 is 5.97. The van der Waals surface area contributed by atoms with E-state index in [0.29, 0.717) is 22.6 Å². The van der Waals surface area contributed by atoms with Gasteiger partial charge in [0.15, 0.2) is 0 Å². The first kappa shape index (κ1) is 28.0. The van der Waals surface area contributed by atoms with E-state index in [-0.39, 0.29) is 25.5 Å². The lowest BCUT2D eigenvalue weighted by atomic mass is 9.99. The van der Waals surface area contributed by atoms with E-state index in [2.05, 4.69) is 5.32 Å².